The summed E-state index contributed by atoms with van der Waals surface area (Å²) >= 11 is 1.51. The SMILES string of the molecule is CC(C)(C)N(N)C(=O)c1cccnc1SCc1ccncc1. The molecule has 1 amide bonds. The fraction of sp³-hybridized carbons (Fsp3) is 0.312. The summed E-state index contributed by atoms with van der Waals surface area (Å²) in [4.78, 5) is 20.9. The molecule has 0 radical (unpaired) electrons. The summed E-state index contributed by atoms with van der Waals surface area (Å²) in [6.07, 6.45) is 5.19. The van der Waals surface area contributed by atoms with Crippen LogP contribution in [-0.4, -0.2) is 26.4 Å². The number of hydrogen-bond donors (Lipinski definition) is 1. The second-order valence-corrected chi connectivity index (χ2v) is 6.81. The Bertz CT molecular complexity index is 640. The van der Waals surface area contributed by atoms with Gasteiger partial charge in [0.15, 0.2) is 0 Å². The van der Waals surface area contributed by atoms with Gasteiger partial charge in [-0.25, -0.2) is 10.8 Å². The van der Waals surface area contributed by atoms with Crippen LogP contribution in [0.1, 0.15) is 36.7 Å². The van der Waals surface area contributed by atoms with Crippen molar-refractivity contribution in [2.45, 2.75) is 37.1 Å². The van der Waals surface area contributed by atoms with E-state index in [0.29, 0.717) is 10.6 Å². The Labute approximate surface area is 134 Å². The smallest absolute Gasteiger partial charge is 0.271 e. The zero-order valence-electron chi connectivity index (χ0n) is 13.0. The molecule has 2 N–H and O–H groups in total. The lowest BCUT2D eigenvalue weighted by Gasteiger charge is -2.31. The highest BCUT2D eigenvalue weighted by Gasteiger charge is 2.26. The summed E-state index contributed by atoms with van der Waals surface area (Å²) < 4.78 is 0. The Balaban J connectivity index is 2.18. The molecule has 0 fully saturated rings. The van der Waals surface area contributed by atoms with Gasteiger partial charge in [-0.1, -0.05) is 0 Å². The fourth-order valence-electron chi connectivity index (χ4n) is 1.73. The maximum absolute atomic E-state index is 12.6. The minimum atomic E-state index is -0.444. The molecule has 0 bridgehead atoms. The van der Waals surface area contributed by atoms with Gasteiger partial charge in [0.05, 0.1) is 11.1 Å². The lowest BCUT2D eigenvalue weighted by atomic mass is 10.1. The first-order valence-corrected chi connectivity index (χ1v) is 7.94. The zero-order valence-corrected chi connectivity index (χ0v) is 13.8. The third-order valence-corrected chi connectivity index (χ3v) is 4.14. The number of carbonyl (C=O) groups is 1. The number of pyridine rings is 2. The molecule has 0 atom stereocenters. The van der Waals surface area contributed by atoms with Crippen LogP contribution in [0.15, 0.2) is 47.9 Å². The van der Waals surface area contributed by atoms with Crippen LogP contribution in [0.5, 0.6) is 0 Å². The molecule has 2 aromatic heterocycles. The molecule has 116 valence electrons. The first-order chi connectivity index (χ1) is 10.4. The molecule has 0 spiro atoms. The largest absolute Gasteiger partial charge is 0.271 e. The van der Waals surface area contributed by atoms with E-state index in [-0.39, 0.29) is 5.91 Å². The molecule has 2 rings (SSSR count). The maximum atomic E-state index is 12.6. The molecule has 0 aliphatic rings. The van der Waals surface area contributed by atoms with Crippen LogP contribution in [0.2, 0.25) is 0 Å². The second kappa shape index (κ2) is 6.89. The Morgan fingerprint density at radius 1 is 1.23 bits per heavy atom. The maximum Gasteiger partial charge on any atom is 0.271 e. The number of rotatable bonds is 4. The van der Waals surface area contributed by atoms with Crippen molar-refractivity contribution >= 4 is 17.7 Å². The summed E-state index contributed by atoms with van der Waals surface area (Å²) in [7, 11) is 0. The quantitative estimate of drug-likeness (QED) is 0.406. The van der Waals surface area contributed by atoms with Crippen LogP contribution in [-0.2, 0) is 5.75 Å². The molecule has 0 aromatic carbocycles. The highest BCUT2D eigenvalue weighted by atomic mass is 32.2. The van der Waals surface area contributed by atoms with Gasteiger partial charge in [0.1, 0.15) is 5.03 Å². The van der Waals surface area contributed by atoms with Crippen LogP contribution < -0.4 is 5.84 Å². The van der Waals surface area contributed by atoms with E-state index in [2.05, 4.69) is 9.97 Å². The minimum absolute atomic E-state index is 0.224. The van der Waals surface area contributed by atoms with Crippen LogP contribution >= 0.6 is 11.8 Å². The van der Waals surface area contributed by atoms with Crippen LogP contribution in [0.4, 0.5) is 0 Å². The normalized spacial score (nSPS) is 11.3. The Morgan fingerprint density at radius 2 is 1.91 bits per heavy atom. The number of aromatic nitrogens is 2. The van der Waals surface area contributed by atoms with Crippen molar-refractivity contribution in [2.75, 3.05) is 0 Å². The van der Waals surface area contributed by atoms with Gasteiger partial charge in [-0.15, -0.1) is 11.8 Å². The van der Waals surface area contributed by atoms with Crippen molar-refractivity contribution in [1.29, 1.82) is 0 Å². The molecule has 0 saturated heterocycles. The van der Waals surface area contributed by atoms with Gasteiger partial charge in [-0.2, -0.15) is 0 Å². The van der Waals surface area contributed by atoms with Crippen LogP contribution in [0.25, 0.3) is 0 Å². The standard InChI is InChI=1S/C16H20N4OS/c1-16(2,3)20(17)15(21)13-5-4-8-19-14(13)22-11-12-6-9-18-10-7-12/h4-10H,11,17H2,1-3H3. The number of thioether (sulfide) groups is 1. The van der Waals surface area contributed by atoms with E-state index in [1.54, 1.807) is 30.7 Å². The molecule has 0 aliphatic carbocycles. The molecule has 2 aromatic rings. The fourth-order valence-corrected chi connectivity index (χ4v) is 2.68. The van der Waals surface area contributed by atoms with E-state index < -0.39 is 5.54 Å². The molecular formula is C16H20N4OS. The summed E-state index contributed by atoms with van der Waals surface area (Å²) in [5, 5.41) is 1.93. The molecule has 6 heteroatoms. The molecule has 0 saturated carbocycles. The number of nitrogens with zero attached hydrogens (tertiary/aromatic N) is 3. The van der Waals surface area contributed by atoms with Crippen molar-refractivity contribution in [3.63, 3.8) is 0 Å². The van der Waals surface area contributed by atoms with Gasteiger partial charge in [0, 0.05) is 24.3 Å². The van der Waals surface area contributed by atoms with Gasteiger partial charge >= 0.3 is 0 Å². The summed E-state index contributed by atoms with van der Waals surface area (Å²) in [6, 6.07) is 7.40. The first-order valence-electron chi connectivity index (χ1n) is 6.95. The third kappa shape index (κ3) is 4.05. The Morgan fingerprint density at radius 3 is 2.55 bits per heavy atom. The van der Waals surface area contributed by atoms with Crippen molar-refractivity contribution in [1.82, 2.24) is 15.0 Å². The highest BCUT2D eigenvalue weighted by molar-refractivity contribution is 7.98. The number of hydrogen-bond acceptors (Lipinski definition) is 5. The van der Waals surface area contributed by atoms with Crippen molar-refractivity contribution in [2.24, 2.45) is 5.84 Å². The number of nitrogens with two attached hydrogens (primary N) is 1. The predicted octanol–water partition coefficient (Wildman–Crippen LogP) is 2.88. The van der Waals surface area contributed by atoms with Gasteiger partial charge in [-0.05, 0) is 50.6 Å². The van der Waals surface area contributed by atoms with E-state index >= 15 is 0 Å². The van der Waals surface area contributed by atoms with Crippen molar-refractivity contribution in [3.05, 3.63) is 54.0 Å². The Kier molecular flexibility index (Phi) is 5.15. The zero-order chi connectivity index (χ0) is 16.2. The van der Waals surface area contributed by atoms with Crippen molar-refractivity contribution in [3.8, 4) is 0 Å². The number of carbonyl (C=O) groups excluding carboxylic acids is 1. The van der Waals surface area contributed by atoms with E-state index in [0.717, 1.165) is 11.3 Å². The molecule has 22 heavy (non-hydrogen) atoms. The molecule has 2 heterocycles. The average molecular weight is 316 g/mol. The van der Waals surface area contributed by atoms with Crippen LogP contribution in [0, 0.1) is 0 Å². The third-order valence-electron chi connectivity index (χ3n) is 3.07. The summed E-state index contributed by atoms with van der Waals surface area (Å²) in [6.45, 7) is 5.68. The van der Waals surface area contributed by atoms with Gasteiger partial charge in [0.25, 0.3) is 5.91 Å². The Hall–Kier alpha value is -1.92. The lowest BCUT2D eigenvalue weighted by molar-refractivity contribution is 0.0577. The van der Waals surface area contributed by atoms with E-state index in [1.807, 2.05) is 32.9 Å². The predicted molar refractivity (Wildman–Crippen MR) is 88.1 cm³/mol. The number of amides is 1. The van der Waals surface area contributed by atoms with Gasteiger partial charge < -0.3 is 0 Å². The number of hydrazine groups is 1. The van der Waals surface area contributed by atoms with Crippen LogP contribution in [0.3, 0.4) is 0 Å². The topological polar surface area (TPSA) is 72.1 Å². The van der Waals surface area contributed by atoms with Gasteiger partial charge in [-0.3, -0.25) is 14.8 Å². The first kappa shape index (κ1) is 16.5. The van der Waals surface area contributed by atoms with E-state index in [4.69, 9.17) is 5.84 Å². The molecular weight excluding hydrogens is 296 g/mol. The lowest BCUT2D eigenvalue weighted by Crippen LogP contribution is -2.50. The molecule has 0 aliphatic heterocycles. The highest BCUT2D eigenvalue weighted by Crippen LogP contribution is 2.25. The summed E-state index contributed by atoms with van der Waals surface area (Å²) in [5.41, 5.74) is 1.21. The van der Waals surface area contributed by atoms with Gasteiger partial charge in [0.2, 0.25) is 0 Å². The average Bonchev–Trinajstić information content (AvgIpc) is 2.52. The summed E-state index contributed by atoms with van der Waals surface area (Å²) in [5.74, 6) is 6.44. The second-order valence-electron chi connectivity index (χ2n) is 5.85. The van der Waals surface area contributed by atoms with E-state index in [1.165, 1.54) is 16.8 Å². The monoisotopic (exact) mass is 316 g/mol. The minimum Gasteiger partial charge on any atom is -0.271 e. The molecule has 5 nitrogen and oxygen atoms in total. The van der Waals surface area contributed by atoms with Crippen molar-refractivity contribution < 1.29 is 4.79 Å². The van der Waals surface area contributed by atoms with E-state index in [9.17, 15) is 4.79 Å². The molecule has 0 unspecified atom stereocenters.